The van der Waals surface area contributed by atoms with E-state index in [0.29, 0.717) is 12.6 Å². The smallest absolute Gasteiger partial charge is 0.319 e. The van der Waals surface area contributed by atoms with Crippen LogP contribution in [0.25, 0.3) is 0 Å². The van der Waals surface area contributed by atoms with E-state index in [-0.39, 0.29) is 5.97 Å². The van der Waals surface area contributed by atoms with Gasteiger partial charge in [0.2, 0.25) is 0 Å². The maximum Gasteiger partial charge on any atom is 0.319 e. The summed E-state index contributed by atoms with van der Waals surface area (Å²) in [6, 6.07) is 0.518. The number of likely N-dealkylation sites (N-methyl/N-ethyl adjacent to an activating group) is 1. The topological polar surface area (TPSA) is 29.5 Å². The van der Waals surface area contributed by atoms with E-state index in [1.54, 1.807) is 0 Å². The summed E-state index contributed by atoms with van der Waals surface area (Å²) in [5.74, 6) is 0.657. The number of rotatable bonds is 4. The van der Waals surface area contributed by atoms with Gasteiger partial charge in [-0.15, -0.1) is 0 Å². The predicted molar refractivity (Wildman–Crippen MR) is 46.8 cm³/mol. The lowest BCUT2D eigenvalue weighted by Gasteiger charge is -2.22. The molecule has 0 aliphatic heterocycles. The molecule has 1 saturated carbocycles. The van der Waals surface area contributed by atoms with E-state index >= 15 is 0 Å². The molecule has 0 amide bonds. The fourth-order valence-corrected chi connectivity index (χ4v) is 1.35. The van der Waals surface area contributed by atoms with Gasteiger partial charge in [0.1, 0.15) is 0 Å². The van der Waals surface area contributed by atoms with Crippen LogP contribution in [0.15, 0.2) is 0 Å². The fourth-order valence-electron chi connectivity index (χ4n) is 1.35. The number of hydrogen-bond donors (Lipinski definition) is 0. The molecular weight excluding hydrogens is 154 g/mol. The Labute approximate surface area is 73.7 Å². The Morgan fingerprint density at radius 3 is 2.67 bits per heavy atom. The normalized spacial score (nSPS) is 19.3. The van der Waals surface area contributed by atoms with Gasteiger partial charge in [-0.3, -0.25) is 9.69 Å². The molecule has 1 fully saturated rings. The molecule has 0 radical (unpaired) electrons. The minimum Gasteiger partial charge on any atom is -0.468 e. The van der Waals surface area contributed by atoms with Crippen molar-refractivity contribution in [2.24, 2.45) is 5.92 Å². The molecule has 3 nitrogen and oxygen atoms in total. The third kappa shape index (κ3) is 2.48. The zero-order valence-corrected chi connectivity index (χ0v) is 8.04. The van der Waals surface area contributed by atoms with E-state index in [2.05, 4.69) is 16.6 Å². The molecule has 1 unspecified atom stereocenters. The van der Waals surface area contributed by atoms with Crippen molar-refractivity contribution in [2.45, 2.75) is 25.8 Å². The first-order valence-corrected chi connectivity index (χ1v) is 4.42. The van der Waals surface area contributed by atoms with Crippen molar-refractivity contribution in [1.29, 1.82) is 0 Å². The second-order valence-corrected chi connectivity index (χ2v) is 3.57. The van der Waals surface area contributed by atoms with Crippen molar-refractivity contribution in [2.75, 3.05) is 20.7 Å². The molecule has 0 N–H and O–H groups in total. The zero-order chi connectivity index (χ0) is 9.14. The van der Waals surface area contributed by atoms with Gasteiger partial charge in [-0.2, -0.15) is 0 Å². The van der Waals surface area contributed by atoms with E-state index in [1.807, 2.05) is 7.05 Å². The van der Waals surface area contributed by atoms with Crippen LogP contribution in [0.5, 0.6) is 0 Å². The van der Waals surface area contributed by atoms with Crippen LogP contribution in [0.2, 0.25) is 0 Å². The molecule has 1 aliphatic rings. The van der Waals surface area contributed by atoms with Crippen LogP contribution in [0.3, 0.4) is 0 Å². The van der Waals surface area contributed by atoms with Crippen LogP contribution in [0.4, 0.5) is 0 Å². The summed E-state index contributed by atoms with van der Waals surface area (Å²) in [5.41, 5.74) is 0. The predicted octanol–water partition coefficient (Wildman–Crippen LogP) is 0.890. The van der Waals surface area contributed by atoms with Gasteiger partial charge in [0.25, 0.3) is 0 Å². The molecule has 0 heterocycles. The molecule has 0 spiro atoms. The van der Waals surface area contributed by atoms with Gasteiger partial charge in [0.15, 0.2) is 0 Å². The monoisotopic (exact) mass is 171 g/mol. The lowest BCUT2D eigenvalue weighted by atomic mass is 10.2. The highest BCUT2D eigenvalue weighted by atomic mass is 16.5. The molecule has 0 aromatic heterocycles. The third-order valence-electron chi connectivity index (χ3n) is 2.61. The van der Waals surface area contributed by atoms with E-state index < -0.39 is 0 Å². The Balaban J connectivity index is 2.25. The summed E-state index contributed by atoms with van der Waals surface area (Å²) in [5, 5.41) is 0. The first kappa shape index (κ1) is 9.52. The lowest BCUT2D eigenvalue weighted by molar-refractivity contribution is -0.142. The second-order valence-electron chi connectivity index (χ2n) is 3.57. The van der Waals surface area contributed by atoms with Crippen LogP contribution in [-0.2, 0) is 9.53 Å². The van der Waals surface area contributed by atoms with Crippen LogP contribution >= 0.6 is 0 Å². The number of carbonyl (C=O) groups is 1. The molecule has 12 heavy (non-hydrogen) atoms. The summed E-state index contributed by atoms with van der Waals surface area (Å²) >= 11 is 0. The molecule has 3 heteroatoms. The quantitative estimate of drug-likeness (QED) is 0.588. The van der Waals surface area contributed by atoms with E-state index in [9.17, 15) is 4.79 Å². The van der Waals surface area contributed by atoms with Crippen LogP contribution in [-0.4, -0.2) is 37.6 Å². The molecular formula is C9H17NO2. The standard InChI is InChI=1S/C9H17NO2/c1-7(8-4-5-8)10(2)6-9(11)12-3/h7-8H,4-6H2,1-3H3. The van der Waals surface area contributed by atoms with E-state index in [4.69, 9.17) is 0 Å². The van der Waals surface area contributed by atoms with Gasteiger partial charge in [0.05, 0.1) is 13.7 Å². The largest absolute Gasteiger partial charge is 0.468 e. The van der Waals surface area contributed by atoms with Crippen LogP contribution in [0.1, 0.15) is 19.8 Å². The average molecular weight is 171 g/mol. The summed E-state index contributed by atoms with van der Waals surface area (Å²) < 4.78 is 4.59. The third-order valence-corrected chi connectivity index (χ3v) is 2.61. The Kier molecular flexibility index (Phi) is 3.09. The number of nitrogens with zero attached hydrogens (tertiary/aromatic N) is 1. The minimum atomic E-state index is -0.148. The maximum atomic E-state index is 10.9. The van der Waals surface area contributed by atoms with Crippen LogP contribution in [0, 0.1) is 5.92 Å². The number of esters is 1. The number of ether oxygens (including phenoxy) is 1. The first-order chi connectivity index (χ1) is 5.65. The Morgan fingerprint density at radius 2 is 2.25 bits per heavy atom. The van der Waals surface area contributed by atoms with Crippen molar-refractivity contribution in [3.05, 3.63) is 0 Å². The molecule has 0 saturated heterocycles. The van der Waals surface area contributed by atoms with Gasteiger partial charge in [-0.1, -0.05) is 0 Å². The van der Waals surface area contributed by atoms with Crippen LogP contribution < -0.4 is 0 Å². The Bertz CT molecular complexity index is 166. The molecule has 1 aliphatic carbocycles. The summed E-state index contributed by atoms with van der Waals surface area (Å²) in [4.78, 5) is 13.0. The second kappa shape index (κ2) is 3.90. The molecule has 0 aromatic rings. The first-order valence-electron chi connectivity index (χ1n) is 4.42. The fraction of sp³-hybridized carbons (Fsp3) is 0.889. The van der Waals surface area contributed by atoms with Gasteiger partial charge >= 0.3 is 5.97 Å². The van der Waals surface area contributed by atoms with E-state index in [1.165, 1.54) is 20.0 Å². The number of methoxy groups -OCH3 is 1. The zero-order valence-electron chi connectivity index (χ0n) is 8.04. The minimum absolute atomic E-state index is 0.148. The molecule has 0 bridgehead atoms. The maximum absolute atomic E-state index is 10.9. The van der Waals surface area contributed by atoms with Crippen molar-refractivity contribution in [3.63, 3.8) is 0 Å². The highest BCUT2D eigenvalue weighted by molar-refractivity contribution is 5.71. The summed E-state index contributed by atoms with van der Waals surface area (Å²) in [7, 11) is 3.40. The van der Waals surface area contributed by atoms with Crippen molar-refractivity contribution < 1.29 is 9.53 Å². The van der Waals surface area contributed by atoms with Crippen molar-refractivity contribution in [1.82, 2.24) is 4.90 Å². The van der Waals surface area contributed by atoms with Crippen molar-refractivity contribution in [3.8, 4) is 0 Å². The number of hydrogen-bond acceptors (Lipinski definition) is 3. The lowest BCUT2D eigenvalue weighted by Crippen LogP contribution is -2.35. The highest BCUT2D eigenvalue weighted by Gasteiger charge is 2.30. The van der Waals surface area contributed by atoms with Gasteiger partial charge in [-0.25, -0.2) is 0 Å². The molecule has 1 atom stereocenters. The Morgan fingerprint density at radius 1 is 1.67 bits per heavy atom. The van der Waals surface area contributed by atoms with Gasteiger partial charge in [0, 0.05) is 6.04 Å². The highest BCUT2D eigenvalue weighted by Crippen LogP contribution is 2.34. The molecule has 1 rings (SSSR count). The molecule has 0 aromatic carbocycles. The average Bonchev–Trinajstić information content (AvgIpc) is 2.85. The molecule has 70 valence electrons. The number of carbonyl (C=O) groups excluding carboxylic acids is 1. The SMILES string of the molecule is COC(=O)CN(C)C(C)C1CC1. The van der Waals surface area contributed by atoms with Crippen molar-refractivity contribution >= 4 is 5.97 Å². The summed E-state index contributed by atoms with van der Waals surface area (Å²) in [6.45, 7) is 2.58. The van der Waals surface area contributed by atoms with Gasteiger partial charge in [-0.05, 0) is 32.7 Å². The van der Waals surface area contributed by atoms with Gasteiger partial charge < -0.3 is 4.74 Å². The van der Waals surface area contributed by atoms with E-state index in [0.717, 1.165) is 5.92 Å². The Hall–Kier alpha value is -0.570. The summed E-state index contributed by atoms with van der Waals surface area (Å²) in [6.07, 6.45) is 2.62.